The monoisotopic (exact) mass is 548 g/mol. The smallest absolute Gasteiger partial charge is 0.241 e. The summed E-state index contributed by atoms with van der Waals surface area (Å²) in [5.41, 5.74) is 2.58. The molecule has 0 unspecified atom stereocenters. The van der Waals surface area contributed by atoms with E-state index in [0.717, 1.165) is 16.7 Å². The SMILES string of the molecule is CCOc1ccc(S(=O)(=O)N[C@H](Cc2ccccc2)C(=O)NC(c2ccccc2)c2ccccc2)cc1Cl. The maximum absolute atomic E-state index is 13.7. The fourth-order valence-corrected chi connectivity index (χ4v) is 5.63. The summed E-state index contributed by atoms with van der Waals surface area (Å²) in [6.45, 7) is 2.21. The van der Waals surface area contributed by atoms with Gasteiger partial charge < -0.3 is 10.1 Å². The van der Waals surface area contributed by atoms with Gasteiger partial charge in [-0.05, 0) is 48.2 Å². The van der Waals surface area contributed by atoms with Crippen molar-refractivity contribution in [2.24, 2.45) is 0 Å². The highest BCUT2D eigenvalue weighted by Gasteiger charge is 2.29. The number of amides is 1. The van der Waals surface area contributed by atoms with Gasteiger partial charge in [-0.3, -0.25) is 4.79 Å². The van der Waals surface area contributed by atoms with Crippen molar-refractivity contribution in [3.63, 3.8) is 0 Å². The van der Waals surface area contributed by atoms with Gasteiger partial charge in [0.15, 0.2) is 0 Å². The molecule has 4 rings (SSSR count). The van der Waals surface area contributed by atoms with Crippen LogP contribution >= 0.6 is 11.6 Å². The predicted molar refractivity (Wildman–Crippen MR) is 150 cm³/mol. The van der Waals surface area contributed by atoms with Crippen LogP contribution in [0, 0.1) is 0 Å². The van der Waals surface area contributed by atoms with Gasteiger partial charge in [-0.25, -0.2) is 8.42 Å². The number of carbonyl (C=O) groups is 1. The van der Waals surface area contributed by atoms with E-state index in [1.807, 2.05) is 97.9 Å². The Hall–Kier alpha value is -3.65. The lowest BCUT2D eigenvalue weighted by molar-refractivity contribution is -0.123. The molecule has 1 atom stereocenters. The van der Waals surface area contributed by atoms with Crippen LogP contribution in [0.25, 0.3) is 0 Å². The molecule has 0 aliphatic carbocycles. The Labute approximate surface area is 228 Å². The number of hydrogen-bond acceptors (Lipinski definition) is 4. The van der Waals surface area contributed by atoms with E-state index in [0.29, 0.717) is 12.4 Å². The first-order valence-electron chi connectivity index (χ1n) is 12.3. The number of rotatable bonds is 11. The van der Waals surface area contributed by atoms with Gasteiger partial charge in [0.05, 0.1) is 22.6 Å². The summed E-state index contributed by atoms with van der Waals surface area (Å²) in [5, 5.41) is 3.24. The summed E-state index contributed by atoms with van der Waals surface area (Å²) in [4.78, 5) is 13.7. The molecule has 4 aromatic carbocycles. The van der Waals surface area contributed by atoms with E-state index in [1.54, 1.807) is 0 Å². The quantitative estimate of drug-likeness (QED) is 0.258. The fraction of sp³-hybridized carbons (Fsp3) is 0.167. The molecule has 0 fully saturated rings. The van der Waals surface area contributed by atoms with Crippen molar-refractivity contribution in [3.8, 4) is 5.75 Å². The van der Waals surface area contributed by atoms with E-state index in [-0.39, 0.29) is 16.3 Å². The highest BCUT2D eigenvalue weighted by atomic mass is 35.5. The molecule has 1 amide bonds. The van der Waals surface area contributed by atoms with Gasteiger partial charge in [0.25, 0.3) is 0 Å². The molecule has 2 N–H and O–H groups in total. The molecular formula is C30H29ClN2O4S. The molecule has 38 heavy (non-hydrogen) atoms. The van der Waals surface area contributed by atoms with Crippen LogP contribution in [0.15, 0.2) is 114 Å². The lowest BCUT2D eigenvalue weighted by Gasteiger charge is -2.24. The van der Waals surface area contributed by atoms with E-state index in [9.17, 15) is 13.2 Å². The summed E-state index contributed by atoms with van der Waals surface area (Å²) in [6.07, 6.45) is 0.160. The van der Waals surface area contributed by atoms with Crippen molar-refractivity contribution in [1.29, 1.82) is 0 Å². The van der Waals surface area contributed by atoms with Gasteiger partial charge >= 0.3 is 0 Å². The Balaban J connectivity index is 1.65. The number of halogens is 1. The number of nitrogens with one attached hydrogen (secondary N) is 2. The first-order valence-corrected chi connectivity index (χ1v) is 14.1. The van der Waals surface area contributed by atoms with Gasteiger partial charge in [0, 0.05) is 0 Å². The van der Waals surface area contributed by atoms with Crippen molar-refractivity contribution in [1.82, 2.24) is 10.0 Å². The standard InChI is InChI=1S/C30H29ClN2O4S/c1-2-37-28-19-18-25(21-26(28)31)38(35,36)33-27(20-22-12-6-3-7-13-22)30(34)32-29(23-14-8-4-9-15-23)24-16-10-5-11-17-24/h3-19,21,27,29,33H,2,20H2,1H3,(H,32,34)/t27-/m1/s1. The Bertz CT molecular complexity index is 1410. The highest BCUT2D eigenvalue weighted by Crippen LogP contribution is 2.28. The third-order valence-corrected chi connectivity index (χ3v) is 7.73. The molecule has 8 heteroatoms. The maximum Gasteiger partial charge on any atom is 0.241 e. The predicted octanol–water partition coefficient (Wildman–Crippen LogP) is 5.53. The molecule has 0 aliphatic heterocycles. The van der Waals surface area contributed by atoms with Crippen molar-refractivity contribution in [3.05, 3.63) is 131 Å². The third-order valence-electron chi connectivity index (χ3n) is 5.96. The first kappa shape index (κ1) is 27.4. The molecule has 0 bridgehead atoms. The maximum atomic E-state index is 13.7. The van der Waals surface area contributed by atoms with Crippen LogP contribution in [0.1, 0.15) is 29.7 Å². The lowest BCUT2D eigenvalue weighted by Crippen LogP contribution is -2.49. The van der Waals surface area contributed by atoms with Crippen molar-refractivity contribution in [2.45, 2.75) is 30.3 Å². The van der Waals surface area contributed by atoms with E-state index in [4.69, 9.17) is 16.3 Å². The largest absolute Gasteiger partial charge is 0.492 e. The minimum atomic E-state index is -4.09. The normalized spacial score (nSPS) is 12.2. The van der Waals surface area contributed by atoms with Crippen LogP contribution in [0.2, 0.25) is 5.02 Å². The van der Waals surface area contributed by atoms with Gasteiger partial charge in [-0.2, -0.15) is 4.72 Å². The Morgan fingerprint density at radius 2 is 1.39 bits per heavy atom. The molecule has 0 heterocycles. The molecule has 0 radical (unpaired) electrons. The molecule has 0 aliphatic rings. The summed E-state index contributed by atoms with van der Waals surface area (Å²) >= 11 is 6.25. The second kappa shape index (κ2) is 12.7. The van der Waals surface area contributed by atoms with Crippen LogP contribution in [0.3, 0.4) is 0 Å². The topological polar surface area (TPSA) is 84.5 Å². The van der Waals surface area contributed by atoms with Gasteiger partial charge in [-0.1, -0.05) is 103 Å². The van der Waals surface area contributed by atoms with Crippen LogP contribution in [0.5, 0.6) is 5.75 Å². The minimum Gasteiger partial charge on any atom is -0.492 e. The zero-order chi connectivity index (χ0) is 27.0. The molecule has 6 nitrogen and oxygen atoms in total. The van der Waals surface area contributed by atoms with Crippen LogP contribution in [0.4, 0.5) is 0 Å². The summed E-state index contributed by atoms with van der Waals surface area (Å²) < 4.78 is 34.8. The van der Waals surface area contributed by atoms with Crippen LogP contribution < -0.4 is 14.8 Å². The van der Waals surface area contributed by atoms with Gasteiger partial charge in [0.2, 0.25) is 15.9 Å². The number of hydrogen-bond donors (Lipinski definition) is 2. The van der Waals surface area contributed by atoms with Crippen molar-refractivity contribution < 1.29 is 17.9 Å². The zero-order valence-corrected chi connectivity index (χ0v) is 22.5. The molecule has 0 saturated carbocycles. The lowest BCUT2D eigenvalue weighted by atomic mass is 9.97. The summed E-state index contributed by atoms with van der Waals surface area (Å²) in [5.74, 6) is -0.0626. The third kappa shape index (κ3) is 7.01. The molecule has 0 spiro atoms. The fourth-order valence-electron chi connectivity index (χ4n) is 4.11. The second-order valence-corrected chi connectivity index (χ2v) is 10.8. The second-order valence-electron chi connectivity index (χ2n) is 8.65. The van der Waals surface area contributed by atoms with E-state index in [2.05, 4.69) is 10.0 Å². The first-order chi connectivity index (χ1) is 18.4. The van der Waals surface area contributed by atoms with Crippen LogP contribution in [-0.4, -0.2) is 27.0 Å². The van der Waals surface area contributed by atoms with Gasteiger partial charge in [-0.15, -0.1) is 0 Å². The number of benzene rings is 4. The number of sulfonamides is 1. The minimum absolute atomic E-state index is 0.0560. The molecule has 196 valence electrons. The van der Waals surface area contributed by atoms with Gasteiger partial charge in [0.1, 0.15) is 11.8 Å². The summed E-state index contributed by atoms with van der Waals surface area (Å²) in [7, 11) is -4.09. The Kier molecular flexibility index (Phi) is 9.18. The van der Waals surface area contributed by atoms with E-state index < -0.39 is 28.0 Å². The summed E-state index contributed by atoms with van der Waals surface area (Å²) in [6, 6.07) is 31.1. The molecule has 0 saturated heterocycles. The number of carbonyl (C=O) groups excluding carboxylic acids is 1. The Morgan fingerprint density at radius 1 is 0.842 bits per heavy atom. The zero-order valence-electron chi connectivity index (χ0n) is 20.9. The van der Waals surface area contributed by atoms with E-state index in [1.165, 1.54) is 18.2 Å². The Morgan fingerprint density at radius 3 is 1.92 bits per heavy atom. The van der Waals surface area contributed by atoms with Crippen LogP contribution in [-0.2, 0) is 21.2 Å². The van der Waals surface area contributed by atoms with Crippen molar-refractivity contribution in [2.75, 3.05) is 6.61 Å². The molecule has 4 aromatic rings. The average molecular weight is 549 g/mol. The molecular weight excluding hydrogens is 520 g/mol. The number of ether oxygens (including phenoxy) is 1. The van der Waals surface area contributed by atoms with Crippen molar-refractivity contribution >= 4 is 27.5 Å². The molecule has 0 aromatic heterocycles. The highest BCUT2D eigenvalue weighted by molar-refractivity contribution is 7.89. The van der Waals surface area contributed by atoms with E-state index >= 15 is 0 Å². The average Bonchev–Trinajstić information content (AvgIpc) is 2.94.